The Bertz CT molecular complexity index is 938. The van der Waals surface area contributed by atoms with E-state index in [0.29, 0.717) is 26.2 Å². The summed E-state index contributed by atoms with van der Waals surface area (Å²) in [6.45, 7) is 1.70. The lowest BCUT2D eigenvalue weighted by Gasteiger charge is -2.25. The Balaban J connectivity index is 1.25. The van der Waals surface area contributed by atoms with Gasteiger partial charge in [0.25, 0.3) is 0 Å². The van der Waals surface area contributed by atoms with E-state index >= 15 is 0 Å². The van der Waals surface area contributed by atoms with Crippen LogP contribution >= 0.6 is 0 Å². The Hall–Kier alpha value is -3.11. The van der Waals surface area contributed by atoms with Crippen LogP contribution in [0.3, 0.4) is 0 Å². The third kappa shape index (κ3) is 5.24. The molecule has 0 fully saturated rings. The SMILES string of the molecule is O=C(C[C@H]1OCCc2ccccc21)NCc1ccc(OCc2ccccc2)cc1. The number of hydrogen-bond donors (Lipinski definition) is 1. The molecular weight excluding hydrogens is 362 g/mol. The van der Waals surface area contributed by atoms with Gasteiger partial charge in [0.1, 0.15) is 12.4 Å². The van der Waals surface area contributed by atoms with Gasteiger partial charge in [-0.2, -0.15) is 0 Å². The maximum Gasteiger partial charge on any atom is 0.223 e. The summed E-state index contributed by atoms with van der Waals surface area (Å²) in [5, 5.41) is 2.99. The Kier molecular flexibility index (Phi) is 6.22. The molecule has 4 heteroatoms. The fourth-order valence-corrected chi connectivity index (χ4v) is 3.53. The molecule has 1 aliphatic heterocycles. The Morgan fingerprint density at radius 3 is 2.52 bits per heavy atom. The molecule has 3 aromatic carbocycles. The van der Waals surface area contributed by atoms with Crippen molar-refractivity contribution in [2.45, 2.75) is 32.1 Å². The lowest BCUT2D eigenvalue weighted by atomic mass is 9.95. The third-order valence-electron chi connectivity index (χ3n) is 5.12. The summed E-state index contributed by atoms with van der Waals surface area (Å²) in [5.41, 5.74) is 4.59. The molecule has 0 saturated heterocycles. The highest BCUT2D eigenvalue weighted by Crippen LogP contribution is 2.29. The summed E-state index contributed by atoms with van der Waals surface area (Å²) < 4.78 is 11.6. The van der Waals surface area contributed by atoms with Gasteiger partial charge in [-0.3, -0.25) is 4.79 Å². The van der Waals surface area contributed by atoms with Crippen LogP contribution in [0.5, 0.6) is 5.75 Å². The Labute approximate surface area is 171 Å². The molecule has 0 aromatic heterocycles. The van der Waals surface area contributed by atoms with Crippen LogP contribution in [0.1, 0.15) is 34.8 Å². The van der Waals surface area contributed by atoms with Gasteiger partial charge in [0.05, 0.1) is 19.1 Å². The van der Waals surface area contributed by atoms with Gasteiger partial charge in [0.15, 0.2) is 0 Å². The number of benzene rings is 3. The molecule has 0 spiro atoms. The van der Waals surface area contributed by atoms with Gasteiger partial charge in [-0.25, -0.2) is 0 Å². The number of carbonyl (C=O) groups is 1. The van der Waals surface area contributed by atoms with Crippen molar-refractivity contribution in [3.8, 4) is 5.75 Å². The lowest BCUT2D eigenvalue weighted by Crippen LogP contribution is -2.27. The third-order valence-corrected chi connectivity index (χ3v) is 5.12. The van der Waals surface area contributed by atoms with Crippen molar-refractivity contribution < 1.29 is 14.3 Å². The zero-order chi connectivity index (χ0) is 19.9. The largest absolute Gasteiger partial charge is 0.489 e. The summed E-state index contributed by atoms with van der Waals surface area (Å²) in [4.78, 5) is 12.4. The Morgan fingerprint density at radius 1 is 0.931 bits per heavy atom. The highest BCUT2D eigenvalue weighted by Gasteiger charge is 2.22. The normalized spacial score (nSPS) is 15.4. The van der Waals surface area contributed by atoms with Gasteiger partial charge in [0, 0.05) is 6.54 Å². The second-order valence-electron chi connectivity index (χ2n) is 7.21. The molecule has 1 heterocycles. The molecule has 3 aromatic rings. The number of hydrogen-bond acceptors (Lipinski definition) is 3. The first kappa shape index (κ1) is 19.2. The molecule has 4 rings (SSSR count). The van der Waals surface area contributed by atoms with E-state index in [1.54, 1.807) is 0 Å². The molecule has 1 aliphatic rings. The van der Waals surface area contributed by atoms with Crippen molar-refractivity contribution >= 4 is 5.91 Å². The van der Waals surface area contributed by atoms with Gasteiger partial charge in [-0.05, 0) is 40.8 Å². The minimum Gasteiger partial charge on any atom is -0.489 e. The highest BCUT2D eigenvalue weighted by molar-refractivity contribution is 5.76. The van der Waals surface area contributed by atoms with Crippen molar-refractivity contribution in [3.63, 3.8) is 0 Å². The average Bonchev–Trinajstić information content (AvgIpc) is 2.78. The second kappa shape index (κ2) is 9.39. The van der Waals surface area contributed by atoms with Crippen LogP contribution in [-0.4, -0.2) is 12.5 Å². The number of amides is 1. The van der Waals surface area contributed by atoms with Crippen LogP contribution in [0.25, 0.3) is 0 Å². The van der Waals surface area contributed by atoms with Crippen molar-refractivity contribution in [1.29, 1.82) is 0 Å². The van der Waals surface area contributed by atoms with E-state index in [4.69, 9.17) is 9.47 Å². The monoisotopic (exact) mass is 387 g/mol. The Morgan fingerprint density at radius 2 is 1.69 bits per heavy atom. The van der Waals surface area contributed by atoms with Crippen molar-refractivity contribution in [2.24, 2.45) is 0 Å². The summed E-state index contributed by atoms with van der Waals surface area (Å²) in [6, 6.07) is 26.1. The molecule has 0 unspecified atom stereocenters. The summed E-state index contributed by atoms with van der Waals surface area (Å²) in [5.74, 6) is 0.812. The van der Waals surface area contributed by atoms with E-state index in [9.17, 15) is 4.79 Å². The van der Waals surface area contributed by atoms with Gasteiger partial charge < -0.3 is 14.8 Å². The van der Waals surface area contributed by atoms with E-state index < -0.39 is 0 Å². The molecule has 1 amide bonds. The predicted molar refractivity (Wildman–Crippen MR) is 113 cm³/mol. The van der Waals surface area contributed by atoms with Gasteiger partial charge in [0.2, 0.25) is 5.91 Å². The first-order valence-electron chi connectivity index (χ1n) is 10.00. The number of nitrogens with one attached hydrogen (secondary N) is 1. The average molecular weight is 387 g/mol. The zero-order valence-electron chi connectivity index (χ0n) is 16.3. The summed E-state index contributed by atoms with van der Waals surface area (Å²) in [7, 11) is 0. The molecular formula is C25H25NO3. The van der Waals surface area contributed by atoms with Crippen LogP contribution in [0.15, 0.2) is 78.9 Å². The number of ether oxygens (including phenoxy) is 2. The molecule has 0 aliphatic carbocycles. The van der Waals surface area contributed by atoms with E-state index in [0.717, 1.165) is 28.9 Å². The molecule has 29 heavy (non-hydrogen) atoms. The standard InChI is InChI=1S/C25H25NO3/c27-25(16-24-23-9-5-4-8-21(23)14-15-28-24)26-17-19-10-12-22(13-11-19)29-18-20-6-2-1-3-7-20/h1-13,24H,14-18H2,(H,26,27)/t24-/m1/s1. The predicted octanol–water partition coefficient (Wildman–Crippen LogP) is 4.59. The van der Waals surface area contributed by atoms with E-state index in [1.807, 2.05) is 66.7 Å². The molecule has 1 atom stereocenters. The van der Waals surface area contributed by atoms with Gasteiger partial charge in [-0.15, -0.1) is 0 Å². The lowest BCUT2D eigenvalue weighted by molar-refractivity contribution is -0.124. The van der Waals surface area contributed by atoms with Gasteiger partial charge >= 0.3 is 0 Å². The van der Waals surface area contributed by atoms with Gasteiger partial charge in [-0.1, -0.05) is 66.7 Å². The van der Waals surface area contributed by atoms with Crippen LogP contribution < -0.4 is 10.1 Å². The maximum absolute atomic E-state index is 12.4. The summed E-state index contributed by atoms with van der Waals surface area (Å²) >= 11 is 0. The van der Waals surface area contributed by atoms with E-state index in [2.05, 4.69) is 17.4 Å². The summed E-state index contributed by atoms with van der Waals surface area (Å²) in [6.07, 6.45) is 1.09. The van der Waals surface area contributed by atoms with Crippen molar-refractivity contribution in [1.82, 2.24) is 5.32 Å². The minimum atomic E-state index is -0.159. The maximum atomic E-state index is 12.4. The molecule has 1 N–H and O–H groups in total. The number of carbonyl (C=O) groups excluding carboxylic acids is 1. The zero-order valence-corrected chi connectivity index (χ0v) is 16.3. The molecule has 4 nitrogen and oxygen atoms in total. The fraction of sp³-hybridized carbons (Fsp3) is 0.240. The first-order chi connectivity index (χ1) is 14.3. The fourth-order valence-electron chi connectivity index (χ4n) is 3.53. The number of fused-ring (bicyclic) bond motifs is 1. The molecule has 0 saturated carbocycles. The quantitative estimate of drug-likeness (QED) is 0.645. The number of rotatable bonds is 7. The highest BCUT2D eigenvalue weighted by atomic mass is 16.5. The van der Waals surface area contributed by atoms with E-state index in [1.165, 1.54) is 5.56 Å². The smallest absolute Gasteiger partial charge is 0.223 e. The minimum absolute atomic E-state index is 0.00360. The van der Waals surface area contributed by atoms with Crippen LogP contribution in [0.4, 0.5) is 0 Å². The van der Waals surface area contributed by atoms with E-state index in [-0.39, 0.29) is 12.0 Å². The topological polar surface area (TPSA) is 47.6 Å². The van der Waals surface area contributed by atoms with Crippen LogP contribution in [-0.2, 0) is 29.1 Å². The molecule has 148 valence electrons. The van der Waals surface area contributed by atoms with Crippen LogP contribution in [0, 0.1) is 0 Å². The first-order valence-corrected chi connectivity index (χ1v) is 10.00. The van der Waals surface area contributed by atoms with Crippen LogP contribution in [0.2, 0.25) is 0 Å². The van der Waals surface area contributed by atoms with Crippen molar-refractivity contribution in [2.75, 3.05) is 6.61 Å². The second-order valence-corrected chi connectivity index (χ2v) is 7.21. The molecule has 0 bridgehead atoms. The van der Waals surface area contributed by atoms with Crippen molar-refractivity contribution in [3.05, 3.63) is 101 Å². The molecule has 0 radical (unpaired) electrons.